The van der Waals surface area contributed by atoms with Gasteiger partial charge in [-0.1, -0.05) is 29.5 Å². The molecule has 0 N–H and O–H groups in total. The fraction of sp³-hybridized carbons (Fsp3) is 0.190. The molecular weight excluding hydrogens is 422 g/mol. The van der Waals surface area contributed by atoms with Gasteiger partial charge in [0.05, 0.1) is 23.3 Å². The molecule has 0 unspecified atom stereocenters. The molecule has 3 rings (SSSR count). The van der Waals surface area contributed by atoms with Crippen LogP contribution in [0, 0.1) is 10.1 Å². The number of ether oxygens (including phenoxy) is 2. The van der Waals surface area contributed by atoms with Crippen LogP contribution >= 0.6 is 11.3 Å². The van der Waals surface area contributed by atoms with Crippen LogP contribution in [0.3, 0.4) is 0 Å². The van der Waals surface area contributed by atoms with Crippen LogP contribution in [0.1, 0.15) is 12.5 Å². The van der Waals surface area contributed by atoms with Gasteiger partial charge in [0.1, 0.15) is 17.8 Å². The number of nitrogens with zero attached hydrogens (tertiary/aromatic N) is 3. The molecule has 0 saturated carbocycles. The van der Waals surface area contributed by atoms with Crippen molar-refractivity contribution in [1.29, 1.82) is 0 Å². The molecule has 1 amide bonds. The van der Waals surface area contributed by atoms with Gasteiger partial charge in [0.25, 0.3) is 11.6 Å². The molecular formula is C21H19N3O6S. The van der Waals surface area contributed by atoms with Crippen molar-refractivity contribution >= 4 is 45.2 Å². The van der Waals surface area contributed by atoms with E-state index in [4.69, 9.17) is 9.47 Å². The average Bonchev–Trinajstić information content (AvgIpc) is 3.10. The van der Waals surface area contributed by atoms with Crippen LogP contribution in [0.4, 0.5) is 5.69 Å². The lowest BCUT2D eigenvalue weighted by Crippen LogP contribution is -2.22. The number of rotatable bonds is 7. The summed E-state index contributed by atoms with van der Waals surface area (Å²) in [5, 5.41) is 10.9. The molecule has 0 aliphatic heterocycles. The van der Waals surface area contributed by atoms with Gasteiger partial charge in [-0.3, -0.25) is 19.7 Å². The minimum atomic E-state index is -0.574. The van der Waals surface area contributed by atoms with Crippen LogP contribution in [-0.2, 0) is 20.9 Å². The maximum absolute atomic E-state index is 12.5. The lowest BCUT2D eigenvalue weighted by Gasteiger charge is -2.08. The third-order valence-electron chi connectivity index (χ3n) is 4.18. The zero-order valence-corrected chi connectivity index (χ0v) is 17.6. The fourth-order valence-electron chi connectivity index (χ4n) is 2.84. The number of hydrogen-bond acceptors (Lipinski definition) is 7. The van der Waals surface area contributed by atoms with E-state index in [-0.39, 0.29) is 12.2 Å². The second-order valence-electron chi connectivity index (χ2n) is 6.22. The number of benzene rings is 2. The van der Waals surface area contributed by atoms with E-state index in [1.807, 2.05) is 19.1 Å². The highest BCUT2D eigenvalue weighted by Gasteiger charge is 2.15. The molecule has 160 valence electrons. The molecule has 10 heteroatoms. The van der Waals surface area contributed by atoms with Crippen molar-refractivity contribution in [3.8, 4) is 5.75 Å². The minimum absolute atomic E-state index is 0.0737. The molecule has 0 bridgehead atoms. The van der Waals surface area contributed by atoms with Gasteiger partial charge in [0.2, 0.25) is 0 Å². The summed E-state index contributed by atoms with van der Waals surface area (Å²) in [5.41, 5.74) is 1.07. The summed E-state index contributed by atoms with van der Waals surface area (Å²) in [6.07, 6.45) is 2.66. The molecule has 1 heterocycles. The Morgan fingerprint density at radius 3 is 2.74 bits per heavy atom. The maximum atomic E-state index is 12.5. The number of carbonyl (C=O) groups is 2. The van der Waals surface area contributed by atoms with E-state index in [9.17, 15) is 19.7 Å². The number of amides is 1. The Labute approximate surface area is 181 Å². The van der Waals surface area contributed by atoms with Crippen LogP contribution in [-0.4, -0.2) is 35.1 Å². The third kappa shape index (κ3) is 5.23. The van der Waals surface area contributed by atoms with E-state index in [2.05, 4.69) is 4.99 Å². The number of hydrogen-bond donors (Lipinski definition) is 0. The van der Waals surface area contributed by atoms with Crippen molar-refractivity contribution in [2.75, 3.05) is 13.7 Å². The minimum Gasteiger partial charge on any atom is -0.492 e. The van der Waals surface area contributed by atoms with Gasteiger partial charge in [0.15, 0.2) is 4.80 Å². The highest BCUT2D eigenvalue weighted by atomic mass is 32.1. The van der Waals surface area contributed by atoms with Crippen LogP contribution < -0.4 is 9.54 Å². The molecule has 0 atom stereocenters. The molecule has 2 aromatic carbocycles. The predicted octanol–water partition coefficient (Wildman–Crippen LogP) is 3.32. The quantitative estimate of drug-likeness (QED) is 0.241. The smallest absolute Gasteiger partial charge is 0.325 e. The third-order valence-corrected chi connectivity index (χ3v) is 5.23. The molecule has 1 aromatic heterocycles. The number of para-hydroxylation sites is 1. The van der Waals surface area contributed by atoms with E-state index < -0.39 is 16.8 Å². The predicted molar refractivity (Wildman–Crippen MR) is 116 cm³/mol. The van der Waals surface area contributed by atoms with Crippen LogP contribution in [0.2, 0.25) is 0 Å². The van der Waals surface area contributed by atoms with Gasteiger partial charge >= 0.3 is 5.97 Å². The standard InChI is InChI=1S/C21H19N3O6S/c1-3-30-16-8-5-9-17-20(16)23(13-19(26)29-2)21(31-17)22-18(25)11-10-14-6-4-7-15(12-14)24(27)28/h4-12H,3,13H2,1-2H3/b11-10+,22-21?. The first-order valence-electron chi connectivity index (χ1n) is 9.26. The number of carbonyl (C=O) groups excluding carboxylic acids is 2. The van der Waals surface area contributed by atoms with E-state index in [1.165, 1.54) is 48.8 Å². The summed E-state index contributed by atoms with van der Waals surface area (Å²) in [6, 6.07) is 11.3. The summed E-state index contributed by atoms with van der Waals surface area (Å²) in [7, 11) is 1.28. The van der Waals surface area contributed by atoms with Crippen LogP contribution in [0.5, 0.6) is 5.75 Å². The number of nitro benzene ring substituents is 1. The SMILES string of the molecule is CCOc1cccc2sc(=NC(=O)/C=C/c3cccc([N+](=O)[O-])c3)n(CC(=O)OC)c12. The first-order valence-corrected chi connectivity index (χ1v) is 10.1. The average molecular weight is 441 g/mol. The number of thiazole rings is 1. The summed E-state index contributed by atoms with van der Waals surface area (Å²) in [5.74, 6) is -0.497. The van der Waals surface area contributed by atoms with Crippen molar-refractivity contribution < 1.29 is 24.0 Å². The van der Waals surface area contributed by atoms with Crippen molar-refractivity contribution in [1.82, 2.24) is 4.57 Å². The van der Waals surface area contributed by atoms with E-state index >= 15 is 0 Å². The molecule has 0 spiro atoms. The van der Waals surface area contributed by atoms with Crippen molar-refractivity contribution in [3.63, 3.8) is 0 Å². The Morgan fingerprint density at radius 2 is 2.03 bits per heavy atom. The Morgan fingerprint density at radius 1 is 1.26 bits per heavy atom. The number of fused-ring (bicyclic) bond motifs is 1. The Balaban J connectivity index is 2.02. The van der Waals surface area contributed by atoms with E-state index in [0.717, 1.165) is 4.70 Å². The Hall–Kier alpha value is -3.79. The summed E-state index contributed by atoms with van der Waals surface area (Å²) >= 11 is 1.24. The second-order valence-corrected chi connectivity index (χ2v) is 7.23. The lowest BCUT2D eigenvalue weighted by molar-refractivity contribution is -0.384. The lowest BCUT2D eigenvalue weighted by atomic mass is 10.2. The number of non-ortho nitro benzene ring substituents is 1. The zero-order chi connectivity index (χ0) is 22.4. The van der Waals surface area contributed by atoms with Gasteiger partial charge in [-0.05, 0) is 30.7 Å². The van der Waals surface area contributed by atoms with Gasteiger partial charge in [0, 0.05) is 18.2 Å². The Kier molecular flexibility index (Phi) is 6.93. The van der Waals surface area contributed by atoms with Crippen molar-refractivity contribution in [2.24, 2.45) is 4.99 Å². The highest BCUT2D eigenvalue weighted by Crippen LogP contribution is 2.27. The topological polar surface area (TPSA) is 113 Å². The maximum Gasteiger partial charge on any atom is 0.325 e. The van der Waals surface area contributed by atoms with Gasteiger partial charge in [-0.25, -0.2) is 0 Å². The van der Waals surface area contributed by atoms with E-state index in [0.29, 0.717) is 28.2 Å². The van der Waals surface area contributed by atoms with Crippen LogP contribution in [0.15, 0.2) is 53.5 Å². The Bertz CT molecular complexity index is 1240. The first-order chi connectivity index (χ1) is 14.9. The summed E-state index contributed by atoms with van der Waals surface area (Å²) in [4.78, 5) is 39.2. The van der Waals surface area contributed by atoms with Gasteiger partial charge in [-0.2, -0.15) is 4.99 Å². The number of methoxy groups -OCH3 is 1. The monoisotopic (exact) mass is 441 g/mol. The first kappa shape index (κ1) is 21.9. The van der Waals surface area contributed by atoms with Gasteiger partial charge in [-0.15, -0.1) is 0 Å². The largest absolute Gasteiger partial charge is 0.492 e. The second kappa shape index (κ2) is 9.81. The summed E-state index contributed by atoms with van der Waals surface area (Å²) in [6.45, 7) is 2.15. The normalized spacial score (nSPS) is 11.7. The van der Waals surface area contributed by atoms with E-state index in [1.54, 1.807) is 16.7 Å². The zero-order valence-electron chi connectivity index (χ0n) is 16.8. The molecule has 0 saturated heterocycles. The van der Waals surface area contributed by atoms with Crippen LogP contribution in [0.25, 0.3) is 16.3 Å². The molecule has 9 nitrogen and oxygen atoms in total. The number of esters is 1. The molecule has 3 aromatic rings. The fourth-order valence-corrected chi connectivity index (χ4v) is 3.89. The molecule has 0 fully saturated rings. The van der Waals surface area contributed by atoms with Crippen molar-refractivity contribution in [2.45, 2.75) is 13.5 Å². The molecule has 0 aliphatic carbocycles. The molecule has 0 aliphatic rings. The van der Waals surface area contributed by atoms with Crippen molar-refractivity contribution in [3.05, 3.63) is 69.0 Å². The highest BCUT2D eigenvalue weighted by molar-refractivity contribution is 7.16. The molecule has 0 radical (unpaired) electrons. The van der Waals surface area contributed by atoms with Gasteiger partial charge < -0.3 is 14.0 Å². The number of nitro groups is 1. The number of aromatic nitrogens is 1. The molecule has 31 heavy (non-hydrogen) atoms. The summed E-state index contributed by atoms with van der Waals surface area (Å²) < 4.78 is 12.8.